The Labute approximate surface area is 108 Å². The average Bonchev–Trinajstić information content (AvgIpc) is 2.94. The summed E-state index contributed by atoms with van der Waals surface area (Å²) in [5, 5.41) is 13.6. The zero-order valence-electron chi connectivity index (χ0n) is 9.38. The molecule has 1 atom stereocenters. The van der Waals surface area contributed by atoms with Crippen molar-refractivity contribution in [3.63, 3.8) is 0 Å². The van der Waals surface area contributed by atoms with Gasteiger partial charge in [0.2, 0.25) is 0 Å². The van der Waals surface area contributed by atoms with Crippen LogP contribution in [-0.4, -0.2) is 5.11 Å². The fraction of sp³-hybridized carbons (Fsp3) is 0.143. The third-order valence-corrected chi connectivity index (χ3v) is 4.87. The lowest BCUT2D eigenvalue weighted by Crippen LogP contribution is -1.95. The second-order valence-corrected chi connectivity index (χ2v) is 6.27. The first kappa shape index (κ1) is 11.0. The second-order valence-electron chi connectivity index (χ2n) is 4.04. The Balaban J connectivity index is 2.09. The summed E-state index contributed by atoms with van der Waals surface area (Å²) in [6.07, 6.45) is -0.496. The third-order valence-electron chi connectivity index (χ3n) is 2.84. The molecular formula is C14H12OS2. The summed E-state index contributed by atoms with van der Waals surface area (Å²) in [5.41, 5.74) is 1.02. The van der Waals surface area contributed by atoms with E-state index in [-0.39, 0.29) is 0 Å². The van der Waals surface area contributed by atoms with Gasteiger partial charge in [-0.05, 0) is 35.9 Å². The molecule has 0 aliphatic rings. The molecule has 3 heteroatoms. The number of fused-ring (bicyclic) bond motifs is 1. The summed E-state index contributed by atoms with van der Waals surface area (Å²) >= 11 is 3.35. The zero-order valence-corrected chi connectivity index (χ0v) is 11.0. The SMILES string of the molecule is Cc1ccc(C(O)c2csc3ccccc23)s1. The summed E-state index contributed by atoms with van der Waals surface area (Å²) in [7, 11) is 0. The van der Waals surface area contributed by atoms with Gasteiger partial charge < -0.3 is 5.11 Å². The van der Waals surface area contributed by atoms with E-state index in [0.717, 1.165) is 15.8 Å². The topological polar surface area (TPSA) is 20.2 Å². The first-order chi connectivity index (χ1) is 8.25. The van der Waals surface area contributed by atoms with Crippen molar-refractivity contribution in [2.75, 3.05) is 0 Å². The fourth-order valence-corrected chi connectivity index (χ4v) is 3.83. The maximum absolute atomic E-state index is 10.4. The molecule has 0 aliphatic carbocycles. The first-order valence-electron chi connectivity index (χ1n) is 5.46. The van der Waals surface area contributed by atoms with Crippen molar-refractivity contribution in [3.8, 4) is 0 Å². The minimum absolute atomic E-state index is 0.496. The van der Waals surface area contributed by atoms with Gasteiger partial charge in [0.25, 0.3) is 0 Å². The molecule has 0 aliphatic heterocycles. The number of aliphatic hydroxyl groups excluding tert-OH is 1. The minimum Gasteiger partial charge on any atom is -0.383 e. The largest absolute Gasteiger partial charge is 0.383 e. The maximum atomic E-state index is 10.4. The van der Waals surface area contributed by atoms with E-state index >= 15 is 0 Å². The summed E-state index contributed by atoms with van der Waals surface area (Å²) in [5.74, 6) is 0. The van der Waals surface area contributed by atoms with Gasteiger partial charge in [-0.3, -0.25) is 0 Å². The fourth-order valence-electron chi connectivity index (χ4n) is 1.96. The Bertz CT molecular complexity index is 651. The number of thiophene rings is 2. The van der Waals surface area contributed by atoms with Crippen LogP contribution in [-0.2, 0) is 0 Å². The Kier molecular flexibility index (Phi) is 2.74. The van der Waals surface area contributed by atoms with Crippen LogP contribution in [0.2, 0.25) is 0 Å². The molecule has 1 N–H and O–H groups in total. The van der Waals surface area contributed by atoms with E-state index in [1.165, 1.54) is 9.58 Å². The molecule has 17 heavy (non-hydrogen) atoms. The van der Waals surface area contributed by atoms with Gasteiger partial charge in [-0.25, -0.2) is 0 Å². The lowest BCUT2D eigenvalue weighted by Gasteiger charge is -2.07. The van der Waals surface area contributed by atoms with Crippen molar-refractivity contribution in [1.29, 1.82) is 0 Å². The van der Waals surface area contributed by atoms with Crippen LogP contribution >= 0.6 is 22.7 Å². The maximum Gasteiger partial charge on any atom is 0.115 e. The molecular weight excluding hydrogens is 248 g/mol. The number of hydrogen-bond acceptors (Lipinski definition) is 3. The normalized spacial score (nSPS) is 13.1. The standard InChI is InChI=1S/C14H12OS2/c1-9-6-7-13(17-9)14(15)11-8-16-12-5-3-2-4-10(11)12/h2-8,14-15H,1H3. The van der Waals surface area contributed by atoms with E-state index in [0.29, 0.717) is 0 Å². The van der Waals surface area contributed by atoms with Crippen molar-refractivity contribution >= 4 is 32.8 Å². The molecule has 0 saturated carbocycles. The van der Waals surface area contributed by atoms with Crippen molar-refractivity contribution < 1.29 is 5.11 Å². The second kappa shape index (κ2) is 4.26. The smallest absolute Gasteiger partial charge is 0.115 e. The Morgan fingerprint density at radius 1 is 1.12 bits per heavy atom. The third kappa shape index (κ3) is 1.90. The summed E-state index contributed by atoms with van der Waals surface area (Å²) in [6, 6.07) is 12.3. The highest BCUT2D eigenvalue weighted by molar-refractivity contribution is 7.17. The van der Waals surface area contributed by atoms with E-state index in [2.05, 4.69) is 30.5 Å². The lowest BCUT2D eigenvalue weighted by atomic mass is 10.1. The predicted molar refractivity (Wildman–Crippen MR) is 74.9 cm³/mol. The molecule has 1 unspecified atom stereocenters. The van der Waals surface area contributed by atoms with Crippen LogP contribution in [0.1, 0.15) is 21.4 Å². The van der Waals surface area contributed by atoms with Crippen molar-refractivity contribution in [2.45, 2.75) is 13.0 Å². The molecule has 1 nitrogen and oxygen atoms in total. The number of rotatable bonds is 2. The summed E-state index contributed by atoms with van der Waals surface area (Å²) in [6.45, 7) is 2.06. The highest BCUT2D eigenvalue weighted by Crippen LogP contribution is 2.35. The lowest BCUT2D eigenvalue weighted by molar-refractivity contribution is 0.226. The molecule has 0 radical (unpaired) electrons. The number of benzene rings is 1. The van der Waals surface area contributed by atoms with E-state index in [1.807, 2.05) is 18.2 Å². The minimum atomic E-state index is -0.496. The van der Waals surface area contributed by atoms with Gasteiger partial charge in [0.1, 0.15) is 6.10 Å². The number of aliphatic hydroxyl groups is 1. The van der Waals surface area contributed by atoms with Gasteiger partial charge in [0.15, 0.2) is 0 Å². The van der Waals surface area contributed by atoms with Crippen LogP contribution in [0.3, 0.4) is 0 Å². The van der Waals surface area contributed by atoms with E-state index < -0.39 is 6.10 Å². The average molecular weight is 260 g/mol. The molecule has 0 fully saturated rings. The van der Waals surface area contributed by atoms with Crippen LogP contribution in [0.4, 0.5) is 0 Å². The zero-order chi connectivity index (χ0) is 11.8. The highest BCUT2D eigenvalue weighted by Gasteiger charge is 2.16. The molecule has 3 rings (SSSR count). The van der Waals surface area contributed by atoms with Crippen LogP contribution in [0.15, 0.2) is 41.8 Å². The van der Waals surface area contributed by atoms with Gasteiger partial charge in [-0.2, -0.15) is 0 Å². The summed E-state index contributed by atoms with van der Waals surface area (Å²) < 4.78 is 1.23. The van der Waals surface area contributed by atoms with Gasteiger partial charge in [-0.1, -0.05) is 18.2 Å². The molecule has 0 saturated heterocycles. The highest BCUT2D eigenvalue weighted by atomic mass is 32.1. The van der Waals surface area contributed by atoms with E-state index in [9.17, 15) is 5.11 Å². The molecule has 0 bridgehead atoms. The molecule has 2 aromatic heterocycles. The van der Waals surface area contributed by atoms with Gasteiger partial charge in [0.05, 0.1) is 0 Å². The molecule has 86 valence electrons. The predicted octanol–water partition coefficient (Wildman–Crippen LogP) is 4.35. The van der Waals surface area contributed by atoms with Crippen molar-refractivity contribution in [3.05, 3.63) is 57.1 Å². The van der Waals surface area contributed by atoms with Gasteiger partial charge in [0, 0.05) is 20.0 Å². The van der Waals surface area contributed by atoms with Crippen LogP contribution in [0.25, 0.3) is 10.1 Å². The Morgan fingerprint density at radius 3 is 2.71 bits per heavy atom. The van der Waals surface area contributed by atoms with Crippen molar-refractivity contribution in [1.82, 2.24) is 0 Å². The summed E-state index contributed by atoms with van der Waals surface area (Å²) in [4.78, 5) is 2.25. The monoisotopic (exact) mass is 260 g/mol. The molecule has 0 spiro atoms. The van der Waals surface area contributed by atoms with Gasteiger partial charge in [-0.15, -0.1) is 22.7 Å². The molecule has 3 aromatic rings. The van der Waals surface area contributed by atoms with Crippen molar-refractivity contribution in [2.24, 2.45) is 0 Å². The Morgan fingerprint density at radius 2 is 1.94 bits per heavy atom. The van der Waals surface area contributed by atoms with E-state index in [1.54, 1.807) is 22.7 Å². The molecule has 2 heterocycles. The van der Waals surface area contributed by atoms with Crippen LogP contribution in [0, 0.1) is 6.92 Å². The van der Waals surface area contributed by atoms with Gasteiger partial charge >= 0.3 is 0 Å². The number of aryl methyl sites for hydroxylation is 1. The molecule has 0 amide bonds. The number of hydrogen-bond donors (Lipinski definition) is 1. The van der Waals surface area contributed by atoms with E-state index in [4.69, 9.17) is 0 Å². The van der Waals surface area contributed by atoms with Crippen LogP contribution in [0.5, 0.6) is 0 Å². The first-order valence-corrected chi connectivity index (χ1v) is 7.16. The molecule has 1 aromatic carbocycles. The van der Waals surface area contributed by atoms with Crippen LogP contribution < -0.4 is 0 Å². The Hall–Kier alpha value is -1.16. The quantitative estimate of drug-likeness (QED) is 0.726.